The number of H-pyrrole nitrogens is 1. The summed E-state index contributed by atoms with van der Waals surface area (Å²) in [4.78, 5) is 15.0. The predicted molar refractivity (Wildman–Crippen MR) is 103 cm³/mol. The molecular weight excluding hydrogens is 423 g/mol. The third-order valence-corrected chi connectivity index (χ3v) is 7.02. The fourth-order valence-corrected chi connectivity index (χ4v) is 5.21. The second-order valence-electron chi connectivity index (χ2n) is 6.97. The lowest BCUT2D eigenvalue weighted by molar-refractivity contribution is -0.274. The second-order valence-corrected chi connectivity index (χ2v) is 8.91. The molecule has 1 aromatic heterocycles. The average Bonchev–Trinajstić information content (AvgIpc) is 3.03. The number of nitrogens with zero attached hydrogens (tertiary/aromatic N) is 2. The lowest BCUT2D eigenvalue weighted by atomic mass is 10.1. The zero-order valence-electron chi connectivity index (χ0n) is 15.6. The molecule has 3 aromatic rings. The summed E-state index contributed by atoms with van der Waals surface area (Å²) in [5, 5.41) is 0. The van der Waals surface area contributed by atoms with E-state index in [0.717, 1.165) is 35.3 Å². The first-order valence-electron chi connectivity index (χ1n) is 9.20. The van der Waals surface area contributed by atoms with Crippen LogP contribution >= 0.6 is 0 Å². The number of benzene rings is 2. The first-order valence-corrected chi connectivity index (χ1v) is 10.6. The van der Waals surface area contributed by atoms with Crippen LogP contribution < -0.4 is 10.4 Å². The number of ether oxygens (including phenoxy) is 1. The third kappa shape index (κ3) is 3.94. The van der Waals surface area contributed by atoms with Crippen molar-refractivity contribution in [2.75, 3.05) is 13.1 Å². The van der Waals surface area contributed by atoms with Crippen LogP contribution in [0.5, 0.6) is 5.75 Å². The number of para-hydroxylation sites is 2. The normalized spacial score (nSPS) is 16.8. The number of aromatic nitrogens is 2. The minimum Gasteiger partial charge on any atom is -0.406 e. The number of piperidine rings is 1. The Labute approximate surface area is 169 Å². The molecule has 1 saturated heterocycles. The van der Waals surface area contributed by atoms with E-state index < -0.39 is 22.1 Å². The number of nitrogens with one attached hydrogen (secondary N) is 1. The monoisotopic (exact) mass is 441 g/mol. The van der Waals surface area contributed by atoms with E-state index in [9.17, 15) is 26.4 Å². The van der Waals surface area contributed by atoms with E-state index in [0.29, 0.717) is 12.8 Å². The molecule has 0 amide bonds. The fourth-order valence-electron chi connectivity index (χ4n) is 3.74. The molecule has 1 fully saturated rings. The Morgan fingerprint density at radius 2 is 1.63 bits per heavy atom. The summed E-state index contributed by atoms with van der Waals surface area (Å²) in [5.74, 6) is -0.487. The topological polar surface area (TPSA) is 84.4 Å². The number of sulfonamides is 1. The van der Waals surface area contributed by atoms with Gasteiger partial charge in [-0.3, -0.25) is 4.57 Å². The maximum Gasteiger partial charge on any atom is 0.573 e. The molecule has 2 aromatic carbocycles. The van der Waals surface area contributed by atoms with Crippen molar-refractivity contribution in [2.45, 2.75) is 30.1 Å². The van der Waals surface area contributed by atoms with E-state index in [2.05, 4.69) is 9.72 Å². The number of hydrogen-bond donors (Lipinski definition) is 1. The molecule has 4 rings (SSSR count). The van der Waals surface area contributed by atoms with E-state index in [-0.39, 0.29) is 29.7 Å². The number of alkyl halides is 3. The predicted octanol–water partition coefficient (Wildman–Crippen LogP) is 3.25. The molecule has 0 aliphatic carbocycles. The zero-order valence-corrected chi connectivity index (χ0v) is 16.4. The summed E-state index contributed by atoms with van der Waals surface area (Å²) in [6, 6.07) is 11.3. The summed E-state index contributed by atoms with van der Waals surface area (Å²) in [7, 11) is -3.87. The van der Waals surface area contributed by atoms with E-state index in [1.165, 1.54) is 4.31 Å². The van der Waals surface area contributed by atoms with Crippen molar-refractivity contribution >= 4 is 21.1 Å². The molecule has 1 aliphatic heterocycles. The lowest BCUT2D eigenvalue weighted by Gasteiger charge is -2.31. The van der Waals surface area contributed by atoms with E-state index in [4.69, 9.17) is 0 Å². The standard InChI is InChI=1S/C19H18F3N3O4S/c20-19(21,22)29-14-5-7-15(8-6-14)30(27,28)24-11-9-13(10-12-24)25-17-4-2-1-3-16(17)23-18(25)26/h1-8,13H,9-12H2,(H,23,26). The van der Waals surface area contributed by atoms with Crippen molar-refractivity contribution in [1.29, 1.82) is 0 Å². The Balaban J connectivity index is 1.49. The molecule has 0 saturated carbocycles. The number of fused-ring (bicyclic) bond motifs is 1. The van der Waals surface area contributed by atoms with Gasteiger partial charge in [0.05, 0.1) is 15.9 Å². The Bertz CT molecular complexity index is 1210. The summed E-state index contributed by atoms with van der Waals surface area (Å²) in [5.41, 5.74) is 1.25. The minimum absolute atomic E-state index is 0.111. The fraction of sp³-hybridized carbons (Fsp3) is 0.316. The van der Waals surface area contributed by atoms with Gasteiger partial charge in [0.2, 0.25) is 10.0 Å². The van der Waals surface area contributed by atoms with Gasteiger partial charge in [0.15, 0.2) is 0 Å². The van der Waals surface area contributed by atoms with Gasteiger partial charge >= 0.3 is 12.1 Å². The highest BCUT2D eigenvalue weighted by atomic mass is 32.2. The van der Waals surface area contributed by atoms with Crippen molar-refractivity contribution < 1.29 is 26.3 Å². The molecule has 11 heteroatoms. The van der Waals surface area contributed by atoms with Crippen LogP contribution in [0.25, 0.3) is 11.0 Å². The van der Waals surface area contributed by atoms with Crippen LogP contribution in [0.1, 0.15) is 18.9 Å². The summed E-state index contributed by atoms with van der Waals surface area (Å²) >= 11 is 0. The highest BCUT2D eigenvalue weighted by Crippen LogP contribution is 2.29. The van der Waals surface area contributed by atoms with E-state index in [1.54, 1.807) is 10.6 Å². The molecule has 0 spiro atoms. The quantitative estimate of drug-likeness (QED) is 0.674. The van der Waals surface area contributed by atoms with Gasteiger partial charge in [0.1, 0.15) is 5.75 Å². The molecule has 0 unspecified atom stereocenters. The molecule has 30 heavy (non-hydrogen) atoms. The highest BCUT2D eigenvalue weighted by Gasteiger charge is 2.33. The van der Waals surface area contributed by atoms with Gasteiger partial charge in [-0.15, -0.1) is 13.2 Å². The van der Waals surface area contributed by atoms with Crippen LogP contribution in [0.15, 0.2) is 58.2 Å². The summed E-state index contributed by atoms with van der Waals surface area (Å²) in [6.07, 6.45) is -3.96. The van der Waals surface area contributed by atoms with Crippen LogP contribution in [-0.2, 0) is 10.0 Å². The Hall–Kier alpha value is -2.79. The van der Waals surface area contributed by atoms with E-state index >= 15 is 0 Å². The maximum atomic E-state index is 12.8. The molecule has 0 atom stereocenters. The summed E-state index contributed by atoms with van der Waals surface area (Å²) in [6.45, 7) is 0.388. The SMILES string of the molecule is O=c1[nH]c2ccccc2n1C1CCN(S(=O)(=O)c2ccc(OC(F)(F)F)cc2)CC1. The number of imidazole rings is 1. The largest absolute Gasteiger partial charge is 0.573 e. The number of halogens is 3. The van der Waals surface area contributed by atoms with Crippen molar-refractivity contribution in [1.82, 2.24) is 13.9 Å². The van der Waals surface area contributed by atoms with Gasteiger partial charge in [0.25, 0.3) is 0 Å². The maximum absolute atomic E-state index is 12.8. The molecule has 1 N–H and O–H groups in total. The van der Waals surface area contributed by atoms with Gasteiger partial charge in [-0.2, -0.15) is 4.31 Å². The minimum atomic E-state index is -4.84. The highest BCUT2D eigenvalue weighted by molar-refractivity contribution is 7.89. The molecule has 0 radical (unpaired) electrons. The van der Waals surface area contributed by atoms with Crippen molar-refractivity contribution in [2.24, 2.45) is 0 Å². The third-order valence-electron chi connectivity index (χ3n) is 5.11. The number of rotatable bonds is 4. The second kappa shape index (κ2) is 7.47. The van der Waals surface area contributed by atoms with Gasteiger partial charge in [-0.25, -0.2) is 13.2 Å². The molecule has 2 heterocycles. The Morgan fingerprint density at radius 3 is 2.27 bits per heavy atom. The molecule has 160 valence electrons. The molecular formula is C19H18F3N3O4S. The van der Waals surface area contributed by atoms with Crippen LogP contribution in [0.2, 0.25) is 0 Å². The molecule has 1 aliphatic rings. The Morgan fingerprint density at radius 1 is 1.00 bits per heavy atom. The van der Waals surface area contributed by atoms with Gasteiger partial charge in [-0.1, -0.05) is 12.1 Å². The number of hydrogen-bond acceptors (Lipinski definition) is 4. The van der Waals surface area contributed by atoms with Gasteiger partial charge < -0.3 is 9.72 Å². The first kappa shape index (κ1) is 20.5. The van der Waals surface area contributed by atoms with Crippen molar-refractivity contribution in [3.63, 3.8) is 0 Å². The van der Waals surface area contributed by atoms with Crippen LogP contribution in [0.4, 0.5) is 13.2 Å². The van der Waals surface area contributed by atoms with Crippen LogP contribution in [0.3, 0.4) is 0 Å². The first-order chi connectivity index (χ1) is 14.1. The van der Waals surface area contributed by atoms with Gasteiger partial charge in [0, 0.05) is 19.1 Å². The molecule has 7 nitrogen and oxygen atoms in total. The Kier molecular flexibility index (Phi) is 5.10. The number of aromatic amines is 1. The lowest BCUT2D eigenvalue weighted by Crippen LogP contribution is -2.40. The van der Waals surface area contributed by atoms with E-state index in [1.807, 2.05) is 18.2 Å². The summed E-state index contributed by atoms with van der Waals surface area (Å²) < 4.78 is 69.2. The van der Waals surface area contributed by atoms with Crippen molar-refractivity contribution in [3.8, 4) is 5.75 Å². The van der Waals surface area contributed by atoms with Crippen LogP contribution in [-0.4, -0.2) is 41.7 Å². The molecule has 0 bridgehead atoms. The zero-order chi connectivity index (χ0) is 21.5. The smallest absolute Gasteiger partial charge is 0.406 e. The average molecular weight is 441 g/mol. The van der Waals surface area contributed by atoms with Crippen molar-refractivity contribution in [3.05, 3.63) is 59.0 Å². The van der Waals surface area contributed by atoms with Gasteiger partial charge in [-0.05, 0) is 49.2 Å². The van der Waals surface area contributed by atoms with Crippen LogP contribution in [0, 0.1) is 0 Å².